The Hall–Kier alpha value is -1.70. The molecule has 2 aromatic rings. The molecule has 1 amide bonds. The largest absolute Gasteiger partial charge is 0.484 e. The predicted molar refractivity (Wildman–Crippen MR) is 79.6 cm³/mol. The zero-order valence-electron chi connectivity index (χ0n) is 10.2. The highest BCUT2D eigenvalue weighted by Crippen LogP contribution is 2.18. The number of ether oxygens (including phenoxy) is 1. The Morgan fingerprint density at radius 3 is 2.60 bits per heavy atom. The van der Waals surface area contributed by atoms with Gasteiger partial charge in [0.2, 0.25) is 0 Å². The van der Waals surface area contributed by atoms with E-state index < -0.39 is 11.6 Å². The number of hydrogen-bond donors (Lipinski definition) is 1. The number of carbonyl (C=O) groups excluding carboxylic acids is 1. The van der Waals surface area contributed by atoms with Crippen LogP contribution in [-0.4, -0.2) is 12.5 Å². The van der Waals surface area contributed by atoms with E-state index in [9.17, 15) is 13.6 Å². The zero-order valence-corrected chi connectivity index (χ0v) is 12.4. The molecule has 0 fully saturated rings. The lowest BCUT2D eigenvalue weighted by Crippen LogP contribution is -2.20. The van der Waals surface area contributed by atoms with Gasteiger partial charge in [-0.15, -0.1) is 0 Å². The van der Waals surface area contributed by atoms with Crippen LogP contribution in [0.1, 0.15) is 0 Å². The average molecular weight is 389 g/mol. The summed E-state index contributed by atoms with van der Waals surface area (Å²) in [6.07, 6.45) is 0. The van der Waals surface area contributed by atoms with Crippen molar-refractivity contribution in [3.63, 3.8) is 0 Å². The standard InChI is InChI=1S/C14H10F2INO2/c15-10-6-5-9(7-11(10)16)20-8-14(19)18-13-4-2-1-3-12(13)17/h1-7H,8H2,(H,18,19). The summed E-state index contributed by atoms with van der Waals surface area (Å²) in [5.41, 5.74) is 0.673. The number of amides is 1. The van der Waals surface area contributed by atoms with Crippen LogP contribution in [0.15, 0.2) is 42.5 Å². The first kappa shape index (κ1) is 14.7. The zero-order chi connectivity index (χ0) is 14.5. The van der Waals surface area contributed by atoms with Crippen LogP contribution in [0.3, 0.4) is 0 Å². The smallest absolute Gasteiger partial charge is 0.262 e. The van der Waals surface area contributed by atoms with Crippen molar-refractivity contribution in [2.75, 3.05) is 11.9 Å². The molecule has 0 radical (unpaired) electrons. The van der Waals surface area contributed by atoms with Crippen molar-refractivity contribution in [2.24, 2.45) is 0 Å². The SMILES string of the molecule is O=C(COc1ccc(F)c(F)c1)Nc1ccccc1I. The maximum Gasteiger partial charge on any atom is 0.262 e. The molecule has 3 nitrogen and oxygen atoms in total. The van der Waals surface area contributed by atoms with Crippen LogP contribution in [0, 0.1) is 15.2 Å². The van der Waals surface area contributed by atoms with E-state index in [0.717, 1.165) is 15.7 Å². The van der Waals surface area contributed by atoms with Crippen LogP contribution in [0.2, 0.25) is 0 Å². The molecule has 2 aromatic carbocycles. The van der Waals surface area contributed by atoms with E-state index in [1.807, 2.05) is 12.1 Å². The van der Waals surface area contributed by atoms with Gasteiger partial charge in [0.05, 0.1) is 5.69 Å². The minimum Gasteiger partial charge on any atom is -0.484 e. The van der Waals surface area contributed by atoms with E-state index in [4.69, 9.17) is 4.74 Å². The quantitative estimate of drug-likeness (QED) is 0.812. The molecule has 0 aliphatic heterocycles. The normalized spacial score (nSPS) is 10.2. The van der Waals surface area contributed by atoms with Gasteiger partial charge in [-0.2, -0.15) is 0 Å². The number of nitrogens with one attached hydrogen (secondary N) is 1. The third-order valence-corrected chi connectivity index (χ3v) is 3.35. The third kappa shape index (κ3) is 3.89. The fourth-order valence-electron chi connectivity index (χ4n) is 1.46. The summed E-state index contributed by atoms with van der Waals surface area (Å²) in [6.45, 7) is -0.282. The Bertz CT molecular complexity index is 634. The first-order chi connectivity index (χ1) is 9.56. The number of anilines is 1. The Morgan fingerprint density at radius 2 is 1.90 bits per heavy atom. The van der Waals surface area contributed by atoms with E-state index >= 15 is 0 Å². The molecule has 0 aliphatic carbocycles. The topological polar surface area (TPSA) is 38.3 Å². The summed E-state index contributed by atoms with van der Waals surface area (Å²) in [4.78, 5) is 11.7. The Kier molecular flexibility index (Phi) is 4.89. The van der Waals surface area contributed by atoms with E-state index in [2.05, 4.69) is 27.9 Å². The van der Waals surface area contributed by atoms with Crippen molar-refractivity contribution < 1.29 is 18.3 Å². The maximum atomic E-state index is 12.9. The van der Waals surface area contributed by atoms with Gasteiger partial charge in [0.25, 0.3) is 5.91 Å². The van der Waals surface area contributed by atoms with Gasteiger partial charge in [-0.1, -0.05) is 12.1 Å². The second-order valence-corrected chi connectivity index (χ2v) is 5.05. The summed E-state index contributed by atoms with van der Waals surface area (Å²) in [5.74, 6) is -2.25. The fraction of sp³-hybridized carbons (Fsp3) is 0.0714. The number of benzene rings is 2. The lowest BCUT2D eigenvalue weighted by atomic mass is 10.3. The second kappa shape index (κ2) is 6.65. The number of rotatable bonds is 4. The molecular weight excluding hydrogens is 379 g/mol. The molecule has 0 atom stereocenters. The number of hydrogen-bond acceptors (Lipinski definition) is 2. The van der Waals surface area contributed by atoms with Crippen molar-refractivity contribution in [3.8, 4) is 5.75 Å². The van der Waals surface area contributed by atoms with Crippen molar-refractivity contribution in [2.45, 2.75) is 0 Å². The highest BCUT2D eigenvalue weighted by molar-refractivity contribution is 14.1. The van der Waals surface area contributed by atoms with Crippen molar-refractivity contribution in [1.82, 2.24) is 0 Å². The van der Waals surface area contributed by atoms with E-state index in [0.29, 0.717) is 5.69 Å². The van der Waals surface area contributed by atoms with Gasteiger partial charge in [-0.25, -0.2) is 8.78 Å². The number of para-hydroxylation sites is 1. The summed E-state index contributed by atoms with van der Waals surface area (Å²) >= 11 is 2.09. The van der Waals surface area contributed by atoms with Crippen molar-refractivity contribution >= 4 is 34.2 Å². The highest BCUT2D eigenvalue weighted by atomic mass is 127. The minimum atomic E-state index is -1.01. The average Bonchev–Trinajstić information content (AvgIpc) is 2.43. The molecule has 0 saturated carbocycles. The molecule has 6 heteroatoms. The molecule has 0 aliphatic rings. The molecule has 104 valence electrons. The van der Waals surface area contributed by atoms with Crippen LogP contribution in [-0.2, 0) is 4.79 Å². The van der Waals surface area contributed by atoms with E-state index in [-0.39, 0.29) is 18.3 Å². The third-order valence-electron chi connectivity index (χ3n) is 2.41. The monoisotopic (exact) mass is 389 g/mol. The molecular formula is C14H10F2INO2. The maximum absolute atomic E-state index is 12.9. The molecule has 0 unspecified atom stereocenters. The molecule has 1 N–H and O–H groups in total. The highest BCUT2D eigenvalue weighted by Gasteiger charge is 2.08. The molecule has 0 heterocycles. The van der Waals surface area contributed by atoms with Gasteiger partial charge < -0.3 is 10.1 Å². The first-order valence-corrected chi connectivity index (χ1v) is 6.76. The molecule has 2 rings (SSSR count). The Labute approximate surface area is 128 Å². The van der Waals surface area contributed by atoms with Crippen LogP contribution in [0.5, 0.6) is 5.75 Å². The van der Waals surface area contributed by atoms with Gasteiger partial charge in [-0.3, -0.25) is 4.79 Å². The molecule has 20 heavy (non-hydrogen) atoms. The second-order valence-electron chi connectivity index (χ2n) is 3.89. The first-order valence-electron chi connectivity index (χ1n) is 5.68. The van der Waals surface area contributed by atoms with Crippen molar-refractivity contribution in [3.05, 3.63) is 57.7 Å². The summed E-state index contributed by atoms with van der Waals surface area (Å²) in [5, 5.41) is 2.67. The van der Waals surface area contributed by atoms with Crippen LogP contribution >= 0.6 is 22.6 Å². The lowest BCUT2D eigenvalue weighted by molar-refractivity contribution is -0.118. The van der Waals surface area contributed by atoms with Crippen LogP contribution in [0.4, 0.5) is 14.5 Å². The van der Waals surface area contributed by atoms with Crippen molar-refractivity contribution in [1.29, 1.82) is 0 Å². The molecule has 0 spiro atoms. The Morgan fingerprint density at radius 1 is 1.15 bits per heavy atom. The van der Waals surface area contributed by atoms with E-state index in [1.54, 1.807) is 12.1 Å². The van der Waals surface area contributed by atoms with Gasteiger partial charge in [0, 0.05) is 9.64 Å². The molecule has 0 bridgehead atoms. The lowest BCUT2D eigenvalue weighted by Gasteiger charge is -2.09. The van der Waals surface area contributed by atoms with Crippen LogP contribution in [0.25, 0.3) is 0 Å². The number of carbonyl (C=O) groups is 1. The summed E-state index contributed by atoms with van der Waals surface area (Å²) < 4.78 is 31.7. The van der Waals surface area contributed by atoms with Gasteiger partial charge in [0.1, 0.15) is 5.75 Å². The Balaban J connectivity index is 1.92. The molecule has 0 aromatic heterocycles. The number of halogens is 3. The van der Waals surface area contributed by atoms with E-state index in [1.165, 1.54) is 6.07 Å². The summed E-state index contributed by atoms with van der Waals surface area (Å²) in [6, 6.07) is 10.4. The van der Waals surface area contributed by atoms with Gasteiger partial charge >= 0.3 is 0 Å². The van der Waals surface area contributed by atoms with Gasteiger partial charge in [0.15, 0.2) is 18.2 Å². The predicted octanol–water partition coefficient (Wildman–Crippen LogP) is 3.59. The minimum absolute atomic E-state index is 0.0989. The fourth-order valence-corrected chi connectivity index (χ4v) is 1.99. The summed E-state index contributed by atoms with van der Waals surface area (Å²) in [7, 11) is 0. The van der Waals surface area contributed by atoms with Crippen LogP contribution < -0.4 is 10.1 Å². The van der Waals surface area contributed by atoms with Gasteiger partial charge in [-0.05, 0) is 46.9 Å². The molecule has 0 saturated heterocycles.